The largest absolute Gasteiger partial charge is 0.459 e. The van der Waals surface area contributed by atoms with E-state index in [1.165, 1.54) is 0 Å². The summed E-state index contributed by atoms with van der Waals surface area (Å²) >= 11 is 0. The smallest absolute Gasteiger partial charge is 0.338 e. The van der Waals surface area contributed by atoms with Crippen LogP contribution < -0.4 is 0 Å². The van der Waals surface area contributed by atoms with Crippen molar-refractivity contribution in [2.75, 3.05) is 0 Å². The predicted octanol–water partition coefficient (Wildman–Crippen LogP) is 0.955. The fraction of sp³-hybridized carbons (Fsp3) is 0.909. The highest BCUT2D eigenvalue weighted by molar-refractivity contribution is 5.84. The minimum Gasteiger partial charge on any atom is -0.459 e. The number of esters is 1. The lowest BCUT2D eigenvalue weighted by molar-refractivity contribution is -0.167. The molecule has 0 aromatic rings. The SMILES string of the molecule is CC1CC2(O)C(=O)OC3C(C)C1(C)C32. The minimum absolute atomic E-state index is 0.0255. The molecular formula is C11H16O3. The Labute approximate surface area is 83.4 Å². The normalized spacial score (nSPS) is 64.7. The maximum Gasteiger partial charge on any atom is 0.338 e. The highest BCUT2D eigenvalue weighted by Gasteiger charge is 2.78. The van der Waals surface area contributed by atoms with Crippen LogP contribution in [0.25, 0.3) is 0 Å². The molecule has 0 radical (unpaired) electrons. The minimum atomic E-state index is -1.16. The molecule has 78 valence electrons. The maximum atomic E-state index is 11.6. The summed E-state index contributed by atoms with van der Waals surface area (Å²) in [5.74, 6) is 0.472. The van der Waals surface area contributed by atoms with Crippen molar-refractivity contribution in [2.24, 2.45) is 23.2 Å². The van der Waals surface area contributed by atoms with Crippen molar-refractivity contribution in [1.82, 2.24) is 0 Å². The second kappa shape index (κ2) is 2.01. The first-order chi connectivity index (χ1) is 6.42. The molecule has 2 saturated carbocycles. The van der Waals surface area contributed by atoms with Crippen LogP contribution in [0.2, 0.25) is 0 Å². The fourth-order valence-electron chi connectivity index (χ4n) is 4.12. The van der Waals surface area contributed by atoms with Gasteiger partial charge in [-0.25, -0.2) is 4.79 Å². The van der Waals surface area contributed by atoms with Crippen LogP contribution in [0.5, 0.6) is 0 Å². The lowest BCUT2D eigenvalue weighted by Gasteiger charge is -2.54. The zero-order valence-electron chi connectivity index (χ0n) is 8.78. The summed E-state index contributed by atoms with van der Waals surface area (Å²) in [7, 11) is 0. The Kier molecular flexibility index (Phi) is 1.25. The predicted molar refractivity (Wildman–Crippen MR) is 49.4 cm³/mol. The molecule has 2 aliphatic carbocycles. The molecule has 1 aliphatic heterocycles. The zero-order valence-corrected chi connectivity index (χ0v) is 8.78. The highest BCUT2D eigenvalue weighted by atomic mass is 16.6. The molecule has 14 heavy (non-hydrogen) atoms. The molecule has 3 nitrogen and oxygen atoms in total. The first-order valence-electron chi connectivity index (χ1n) is 5.36. The molecule has 3 heteroatoms. The Hall–Kier alpha value is -0.570. The van der Waals surface area contributed by atoms with Crippen LogP contribution >= 0.6 is 0 Å². The van der Waals surface area contributed by atoms with Crippen LogP contribution in [-0.4, -0.2) is 22.8 Å². The average molecular weight is 196 g/mol. The topological polar surface area (TPSA) is 46.5 Å². The highest BCUT2D eigenvalue weighted by Crippen LogP contribution is 2.70. The Bertz CT molecular complexity index is 320. The summed E-state index contributed by atoms with van der Waals surface area (Å²) in [6.45, 7) is 6.45. The van der Waals surface area contributed by atoms with E-state index >= 15 is 0 Å². The van der Waals surface area contributed by atoms with E-state index in [0.717, 1.165) is 0 Å². The van der Waals surface area contributed by atoms with Gasteiger partial charge in [-0.05, 0) is 23.7 Å². The van der Waals surface area contributed by atoms with Gasteiger partial charge in [0, 0.05) is 5.92 Å². The number of hydrogen-bond donors (Lipinski definition) is 1. The molecule has 0 aromatic carbocycles. The molecule has 0 aromatic heterocycles. The standard InChI is InChI=1S/C11H16O3/c1-5-4-11(13)8-7(14-9(11)12)6(2)10(5,8)3/h5-8,13H,4H2,1-3H3. The third-order valence-corrected chi connectivity index (χ3v) is 5.26. The number of carbonyl (C=O) groups excluding carboxylic acids is 1. The molecule has 3 fully saturated rings. The second-order valence-corrected chi connectivity index (χ2v) is 5.53. The summed E-state index contributed by atoms with van der Waals surface area (Å²) in [5, 5.41) is 10.3. The summed E-state index contributed by atoms with van der Waals surface area (Å²) < 4.78 is 5.23. The average Bonchev–Trinajstić information content (AvgIpc) is 2.46. The van der Waals surface area contributed by atoms with E-state index in [2.05, 4.69) is 20.8 Å². The summed E-state index contributed by atoms with van der Waals surface area (Å²) in [6, 6.07) is 0. The van der Waals surface area contributed by atoms with E-state index in [-0.39, 0.29) is 23.4 Å². The van der Waals surface area contributed by atoms with Gasteiger partial charge in [-0.2, -0.15) is 0 Å². The lowest BCUT2D eigenvalue weighted by atomic mass is 9.50. The number of rotatable bonds is 0. The first-order valence-corrected chi connectivity index (χ1v) is 5.36. The van der Waals surface area contributed by atoms with Crippen molar-refractivity contribution in [1.29, 1.82) is 0 Å². The monoisotopic (exact) mass is 196 g/mol. The van der Waals surface area contributed by atoms with Gasteiger partial charge >= 0.3 is 5.97 Å². The molecular weight excluding hydrogens is 180 g/mol. The molecule has 3 rings (SSSR count). The van der Waals surface area contributed by atoms with Gasteiger partial charge in [0.2, 0.25) is 0 Å². The van der Waals surface area contributed by atoms with Gasteiger partial charge in [0.05, 0.1) is 0 Å². The maximum absolute atomic E-state index is 11.6. The molecule has 1 heterocycles. The quantitative estimate of drug-likeness (QED) is 0.587. The van der Waals surface area contributed by atoms with Crippen LogP contribution in [0.1, 0.15) is 27.2 Å². The van der Waals surface area contributed by atoms with Crippen molar-refractivity contribution in [3.05, 3.63) is 0 Å². The third-order valence-electron chi connectivity index (χ3n) is 5.26. The number of aliphatic hydroxyl groups is 1. The molecule has 0 bridgehead atoms. The van der Waals surface area contributed by atoms with Crippen LogP contribution in [0.4, 0.5) is 0 Å². The van der Waals surface area contributed by atoms with E-state index in [4.69, 9.17) is 4.74 Å². The van der Waals surface area contributed by atoms with E-state index in [0.29, 0.717) is 18.3 Å². The van der Waals surface area contributed by atoms with Crippen molar-refractivity contribution in [3.63, 3.8) is 0 Å². The van der Waals surface area contributed by atoms with E-state index < -0.39 is 5.60 Å². The molecule has 1 N–H and O–H groups in total. The third kappa shape index (κ3) is 0.577. The van der Waals surface area contributed by atoms with Gasteiger partial charge in [-0.1, -0.05) is 20.8 Å². The van der Waals surface area contributed by atoms with Gasteiger partial charge in [-0.15, -0.1) is 0 Å². The Morgan fingerprint density at radius 1 is 1.50 bits per heavy atom. The molecule has 0 amide bonds. The lowest BCUT2D eigenvalue weighted by Crippen LogP contribution is -2.59. The van der Waals surface area contributed by atoms with Gasteiger partial charge in [0.15, 0.2) is 5.60 Å². The Morgan fingerprint density at radius 3 is 2.79 bits per heavy atom. The van der Waals surface area contributed by atoms with Crippen molar-refractivity contribution in [2.45, 2.75) is 38.9 Å². The van der Waals surface area contributed by atoms with Gasteiger partial charge < -0.3 is 9.84 Å². The summed E-state index contributed by atoms with van der Waals surface area (Å²) in [6.07, 6.45) is 0.552. The molecule has 6 unspecified atom stereocenters. The first kappa shape index (κ1) is 8.72. The summed E-state index contributed by atoms with van der Waals surface area (Å²) in [5.41, 5.74) is -1.06. The molecule has 1 saturated heterocycles. The Balaban J connectivity index is 2.11. The van der Waals surface area contributed by atoms with Crippen LogP contribution in [0.3, 0.4) is 0 Å². The van der Waals surface area contributed by atoms with E-state index in [9.17, 15) is 9.90 Å². The van der Waals surface area contributed by atoms with Crippen molar-refractivity contribution >= 4 is 5.97 Å². The molecule has 0 spiro atoms. The van der Waals surface area contributed by atoms with E-state index in [1.54, 1.807) is 0 Å². The Morgan fingerprint density at radius 2 is 2.14 bits per heavy atom. The zero-order chi connectivity index (χ0) is 10.3. The van der Waals surface area contributed by atoms with Crippen molar-refractivity contribution in [3.8, 4) is 0 Å². The van der Waals surface area contributed by atoms with Gasteiger partial charge in [0.1, 0.15) is 6.10 Å². The van der Waals surface area contributed by atoms with Gasteiger partial charge in [-0.3, -0.25) is 0 Å². The molecule has 3 aliphatic rings. The summed E-state index contributed by atoms with van der Waals surface area (Å²) in [4.78, 5) is 11.6. The second-order valence-electron chi connectivity index (χ2n) is 5.53. The number of carbonyl (C=O) groups is 1. The van der Waals surface area contributed by atoms with Crippen LogP contribution in [0.15, 0.2) is 0 Å². The number of ether oxygens (including phenoxy) is 1. The van der Waals surface area contributed by atoms with Gasteiger partial charge in [0.25, 0.3) is 0 Å². The molecule has 6 atom stereocenters. The number of hydrogen-bond acceptors (Lipinski definition) is 3. The van der Waals surface area contributed by atoms with Crippen LogP contribution in [-0.2, 0) is 9.53 Å². The van der Waals surface area contributed by atoms with Crippen LogP contribution in [0, 0.1) is 23.2 Å². The fourth-order valence-corrected chi connectivity index (χ4v) is 4.12. The van der Waals surface area contributed by atoms with E-state index in [1.807, 2.05) is 0 Å². The van der Waals surface area contributed by atoms with Crippen molar-refractivity contribution < 1.29 is 14.6 Å².